The lowest BCUT2D eigenvalue weighted by Crippen LogP contribution is -2.55. The lowest BCUT2D eigenvalue weighted by molar-refractivity contribution is -0.120. The van der Waals surface area contributed by atoms with Crippen LogP contribution in [0.2, 0.25) is 0 Å². The molecule has 6 nitrogen and oxygen atoms in total. The SMILES string of the molecule is O=C1CCN(c2ccc(N3CCN[C@H]4CCC[C@H]43)cc2)C(=O)N1. The van der Waals surface area contributed by atoms with E-state index in [0.29, 0.717) is 25.0 Å². The summed E-state index contributed by atoms with van der Waals surface area (Å²) in [6.45, 7) is 2.50. The Kier molecular flexibility index (Phi) is 3.69. The second kappa shape index (κ2) is 5.85. The van der Waals surface area contributed by atoms with Crippen molar-refractivity contribution in [1.82, 2.24) is 10.6 Å². The van der Waals surface area contributed by atoms with Crippen LogP contribution in [0.3, 0.4) is 0 Å². The van der Waals surface area contributed by atoms with E-state index in [4.69, 9.17) is 0 Å². The molecule has 3 amide bonds. The number of carbonyl (C=O) groups excluding carboxylic acids is 2. The minimum Gasteiger partial charge on any atom is -0.366 e. The largest absolute Gasteiger partial charge is 0.366 e. The Morgan fingerprint density at radius 1 is 1.00 bits per heavy atom. The third-order valence-corrected chi connectivity index (χ3v) is 5.19. The van der Waals surface area contributed by atoms with Gasteiger partial charge in [0.05, 0.1) is 0 Å². The summed E-state index contributed by atoms with van der Waals surface area (Å²) < 4.78 is 0. The van der Waals surface area contributed by atoms with Crippen molar-refractivity contribution in [3.63, 3.8) is 0 Å². The summed E-state index contributed by atoms with van der Waals surface area (Å²) >= 11 is 0. The van der Waals surface area contributed by atoms with Crippen LogP contribution in [0.5, 0.6) is 0 Å². The van der Waals surface area contributed by atoms with Crippen LogP contribution in [0.4, 0.5) is 16.2 Å². The molecule has 4 rings (SSSR count). The maximum absolute atomic E-state index is 11.9. The molecule has 2 aliphatic heterocycles. The minimum atomic E-state index is -0.327. The third kappa shape index (κ3) is 2.67. The Bertz CT molecular complexity index is 616. The van der Waals surface area contributed by atoms with Crippen molar-refractivity contribution in [2.24, 2.45) is 0 Å². The molecule has 3 aliphatic rings. The summed E-state index contributed by atoms with van der Waals surface area (Å²) in [7, 11) is 0. The molecule has 2 atom stereocenters. The molecule has 0 bridgehead atoms. The molecule has 6 heteroatoms. The highest BCUT2D eigenvalue weighted by Crippen LogP contribution is 2.31. The van der Waals surface area contributed by atoms with E-state index in [-0.39, 0.29) is 11.9 Å². The lowest BCUT2D eigenvalue weighted by Gasteiger charge is -2.40. The maximum atomic E-state index is 11.9. The van der Waals surface area contributed by atoms with Crippen LogP contribution in [0.25, 0.3) is 0 Å². The Labute approximate surface area is 135 Å². The number of hydrogen-bond donors (Lipinski definition) is 2. The molecular weight excluding hydrogens is 292 g/mol. The Morgan fingerprint density at radius 3 is 2.57 bits per heavy atom. The Hall–Kier alpha value is -2.08. The first-order chi connectivity index (χ1) is 11.2. The van der Waals surface area contributed by atoms with Crippen molar-refractivity contribution in [3.8, 4) is 0 Å². The van der Waals surface area contributed by atoms with E-state index >= 15 is 0 Å². The topological polar surface area (TPSA) is 64.7 Å². The van der Waals surface area contributed by atoms with Gasteiger partial charge in [0, 0.05) is 49.5 Å². The zero-order chi connectivity index (χ0) is 15.8. The van der Waals surface area contributed by atoms with Gasteiger partial charge in [-0.2, -0.15) is 0 Å². The van der Waals surface area contributed by atoms with Crippen LogP contribution in [0.1, 0.15) is 25.7 Å². The summed E-state index contributed by atoms with van der Waals surface area (Å²) in [4.78, 5) is 27.3. The van der Waals surface area contributed by atoms with E-state index < -0.39 is 0 Å². The zero-order valence-electron chi connectivity index (χ0n) is 13.1. The molecule has 1 aliphatic carbocycles. The fourth-order valence-electron chi connectivity index (χ4n) is 4.04. The molecule has 0 radical (unpaired) electrons. The molecule has 1 aromatic carbocycles. The number of fused-ring (bicyclic) bond motifs is 1. The molecule has 122 valence electrons. The first-order valence-corrected chi connectivity index (χ1v) is 8.44. The van der Waals surface area contributed by atoms with Gasteiger partial charge in [-0.05, 0) is 43.5 Å². The highest BCUT2D eigenvalue weighted by atomic mass is 16.2. The first kappa shape index (κ1) is 14.5. The normalized spacial score (nSPS) is 27.8. The number of nitrogens with zero attached hydrogens (tertiary/aromatic N) is 2. The van der Waals surface area contributed by atoms with E-state index in [1.807, 2.05) is 12.1 Å². The number of urea groups is 1. The fraction of sp³-hybridized carbons (Fsp3) is 0.529. The van der Waals surface area contributed by atoms with E-state index in [1.165, 1.54) is 24.9 Å². The predicted molar refractivity (Wildman–Crippen MR) is 88.7 cm³/mol. The number of benzene rings is 1. The van der Waals surface area contributed by atoms with Gasteiger partial charge in [-0.1, -0.05) is 0 Å². The molecule has 1 saturated carbocycles. The van der Waals surface area contributed by atoms with E-state index in [2.05, 4.69) is 27.7 Å². The van der Waals surface area contributed by atoms with Gasteiger partial charge in [-0.3, -0.25) is 15.0 Å². The quantitative estimate of drug-likeness (QED) is 0.867. The van der Waals surface area contributed by atoms with Crippen molar-refractivity contribution >= 4 is 23.3 Å². The van der Waals surface area contributed by atoms with Gasteiger partial charge in [0.25, 0.3) is 0 Å². The van der Waals surface area contributed by atoms with Crippen LogP contribution in [0.15, 0.2) is 24.3 Å². The second-order valence-electron chi connectivity index (χ2n) is 6.52. The van der Waals surface area contributed by atoms with Gasteiger partial charge in [0.2, 0.25) is 5.91 Å². The maximum Gasteiger partial charge on any atom is 0.328 e. The van der Waals surface area contributed by atoms with Crippen molar-refractivity contribution in [2.45, 2.75) is 37.8 Å². The molecule has 2 N–H and O–H groups in total. The minimum absolute atomic E-state index is 0.198. The summed E-state index contributed by atoms with van der Waals surface area (Å²) in [6, 6.07) is 9.03. The smallest absolute Gasteiger partial charge is 0.328 e. The van der Waals surface area contributed by atoms with E-state index in [0.717, 1.165) is 18.8 Å². The molecule has 0 aromatic heterocycles. The molecule has 2 heterocycles. The van der Waals surface area contributed by atoms with Crippen molar-refractivity contribution in [2.75, 3.05) is 29.4 Å². The fourth-order valence-corrected chi connectivity index (χ4v) is 4.04. The number of hydrogen-bond acceptors (Lipinski definition) is 4. The number of imide groups is 1. The summed E-state index contributed by atoms with van der Waals surface area (Å²) in [5, 5.41) is 5.98. The van der Waals surface area contributed by atoms with Crippen LogP contribution >= 0.6 is 0 Å². The predicted octanol–water partition coefficient (Wildman–Crippen LogP) is 1.46. The number of rotatable bonds is 2. The summed E-state index contributed by atoms with van der Waals surface area (Å²) in [5.41, 5.74) is 2.07. The number of nitrogens with one attached hydrogen (secondary N) is 2. The zero-order valence-corrected chi connectivity index (χ0v) is 13.1. The monoisotopic (exact) mass is 314 g/mol. The van der Waals surface area contributed by atoms with Gasteiger partial charge in [-0.15, -0.1) is 0 Å². The van der Waals surface area contributed by atoms with Crippen molar-refractivity contribution < 1.29 is 9.59 Å². The Morgan fingerprint density at radius 2 is 1.78 bits per heavy atom. The molecule has 3 fully saturated rings. The van der Waals surface area contributed by atoms with Crippen LogP contribution in [0, 0.1) is 0 Å². The van der Waals surface area contributed by atoms with Crippen LogP contribution < -0.4 is 20.4 Å². The summed E-state index contributed by atoms with van der Waals surface area (Å²) in [6.07, 6.45) is 4.16. The molecule has 0 spiro atoms. The molecular formula is C17H22N4O2. The highest BCUT2D eigenvalue weighted by molar-refractivity contribution is 6.05. The van der Waals surface area contributed by atoms with Gasteiger partial charge < -0.3 is 10.2 Å². The number of piperazine rings is 1. The van der Waals surface area contributed by atoms with Crippen LogP contribution in [-0.2, 0) is 4.79 Å². The average Bonchev–Trinajstić information content (AvgIpc) is 3.04. The molecule has 0 unspecified atom stereocenters. The standard InChI is InChI=1S/C17H22N4O2/c22-16-8-10-21(17(23)19-16)13-6-4-12(5-7-13)20-11-9-18-14-2-1-3-15(14)20/h4-7,14-15,18H,1-3,8-11H2,(H,19,22,23)/t14-,15+/m0/s1. The molecule has 23 heavy (non-hydrogen) atoms. The van der Waals surface area contributed by atoms with Crippen molar-refractivity contribution in [1.29, 1.82) is 0 Å². The molecule has 2 saturated heterocycles. The van der Waals surface area contributed by atoms with Gasteiger partial charge in [0.1, 0.15) is 0 Å². The number of anilines is 2. The van der Waals surface area contributed by atoms with Gasteiger partial charge in [0.15, 0.2) is 0 Å². The highest BCUT2D eigenvalue weighted by Gasteiger charge is 2.35. The number of carbonyl (C=O) groups is 2. The summed E-state index contributed by atoms with van der Waals surface area (Å²) in [5.74, 6) is -0.198. The second-order valence-corrected chi connectivity index (χ2v) is 6.52. The van der Waals surface area contributed by atoms with E-state index in [9.17, 15) is 9.59 Å². The lowest BCUT2D eigenvalue weighted by atomic mass is 10.1. The third-order valence-electron chi connectivity index (χ3n) is 5.19. The van der Waals surface area contributed by atoms with E-state index in [1.54, 1.807) is 4.90 Å². The van der Waals surface area contributed by atoms with Gasteiger partial charge >= 0.3 is 6.03 Å². The average molecular weight is 314 g/mol. The number of amides is 3. The Balaban J connectivity index is 1.51. The first-order valence-electron chi connectivity index (χ1n) is 8.44. The van der Waals surface area contributed by atoms with Gasteiger partial charge in [-0.25, -0.2) is 4.79 Å². The van der Waals surface area contributed by atoms with Crippen LogP contribution in [-0.4, -0.2) is 43.7 Å². The van der Waals surface area contributed by atoms with Crippen molar-refractivity contribution in [3.05, 3.63) is 24.3 Å². The molecule has 1 aromatic rings.